The molecule has 0 amide bonds. The molecule has 0 aromatic heterocycles. The highest BCUT2D eigenvalue weighted by molar-refractivity contribution is 5.48. The van der Waals surface area contributed by atoms with E-state index in [0.29, 0.717) is 13.2 Å². The number of likely N-dealkylation sites (tertiary alicyclic amines) is 1. The lowest BCUT2D eigenvalue weighted by molar-refractivity contribution is -0.897. The Balaban J connectivity index is 1.54. The van der Waals surface area contributed by atoms with Gasteiger partial charge in [0.2, 0.25) is 0 Å². The predicted molar refractivity (Wildman–Crippen MR) is 83.5 cm³/mol. The molecule has 1 N–H and O–H groups in total. The van der Waals surface area contributed by atoms with Gasteiger partial charge in [-0.05, 0) is 30.7 Å². The second kappa shape index (κ2) is 9.36. The Labute approximate surface area is 122 Å². The van der Waals surface area contributed by atoms with Crippen LogP contribution in [0.15, 0.2) is 36.4 Å². The van der Waals surface area contributed by atoms with Crippen LogP contribution in [-0.4, -0.2) is 32.8 Å². The third-order valence-corrected chi connectivity index (χ3v) is 3.52. The molecule has 106 valence electrons. The van der Waals surface area contributed by atoms with E-state index in [1.54, 1.807) is 4.90 Å². The average molecular weight is 270 g/mol. The van der Waals surface area contributed by atoms with Gasteiger partial charge in [0.05, 0.1) is 19.7 Å². The summed E-state index contributed by atoms with van der Waals surface area (Å²) < 4.78 is 5.48. The van der Waals surface area contributed by atoms with Crippen molar-refractivity contribution in [2.45, 2.75) is 19.3 Å². The number of hydrogen-bond acceptors (Lipinski definition) is 1. The summed E-state index contributed by atoms with van der Waals surface area (Å²) >= 11 is 0. The Morgan fingerprint density at radius 3 is 2.65 bits per heavy atom. The van der Waals surface area contributed by atoms with Crippen molar-refractivity contribution in [1.82, 2.24) is 0 Å². The van der Waals surface area contributed by atoms with Crippen molar-refractivity contribution in [1.29, 1.82) is 0 Å². The zero-order valence-corrected chi connectivity index (χ0v) is 12.1. The predicted octanol–water partition coefficient (Wildman–Crippen LogP) is 1.79. The first-order chi connectivity index (χ1) is 9.95. The lowest BCUT2D eigenvalue weighted by Crippen LogP contribution is -3.12. The molecule has 2 heteroatoms. The van der Waals surface area contributed by atoms with Gasteiger partial charge in [-0.2, -0.15) is 0 Å². The van der Waals surface area contributed by atoms with Gasteiger partial charge in [0.1, 0.15) is 13.2 Å². The molecule has 1 saturated heterocycles. The maximum absolute atomic E-state index is 5.48. The standard InChI is InChI=1S/C18H23NO/c1-3-10-18(11-4-1)12-9-17-20-16-8-7-15-19-13-5-2-6-14-19/h1,3-4,9-12H,2,5-6,13-17H2/p+1. The molecule has 0 aliphatic carbocycles. The van der Waals surface area contributed by atoms with Gasteiger partial charge in [-0.3, -0.25) is 0 Å². The van der Waals surface area contributed by atoms with Crippen LogP contribution in [-0.2, 0) is 4.74 Å². The molecule has 1 heterocycles. The number of ether oxygens (including phenoxy) is 1. The van der Waals surface area contributed by atoms with E-state index in [-0.39, 0.29) is 0 Å². The third kappa shape index (κ3) is 6.06. The Morgan fingerprint density at radius 2 is 1.85 bits per heavy atom. The van der Waals surface area contributed by atoms with Gasteiger partial charge in [0, 0.05) is 0 Å². The van der Waals surface area contributed by atoms with Crippen molar-refractivity contribution < 1.29 is 9.64 Å². The van der Waals surface area contributed by atoms with Crippen molar-refractivity contribution >= 4 is 6.08 Å². The first kappa shape index (κ1) is 14.8. The molecule has 0 radical (unpaired) electrons. The van der Waals surface area contributed by atoms with Gasteiger partial charge in [-0.15, -0.1) is 0 Å². The van der Waals surface area contributed by atoms with Crippen molar-refractivity contribution in [2.24, 2.45) is 0 Å². The Morgan fingerprint density at radius 1 is 1.05 bits per heavy atom. The molecule has 0 atom stereocenters. The number of rotatable bonds is 5. The van der Waals surface area contributed by atoms with E-state index in [1.165, 1.54) is 37.9 Å². The Bertz CT molecular complexity index is 449. The summed E-state index contributed by atoms with van der Waals surface area (Å²) in [6.07, 6.45) is 8.22. The zero-order valence-electron chi connectivity index (χ0n) is 12.1. The summed E-state index contributed by atoms with van der Waals surface area (Å²) in [6, 6.07) is 10.3. The molecule has 1 fully saturated rings. The largest absolute Gasteiger partial charge is 0.365 e. The van der Waals surface area contributed by atoms with E-state index >= 15 is 0 Å². The fraction of sp³-hybridized carbons (Fsp3) is 0.444. The fourth-order valence-electron chi connectivity index (χ4n) is 2.39. The normalized spacial score (nSPS) is 16.0. The van der Waals surface area contributed by atoms with Gasteiger partial charge in [-0.25, -0.2) is 0 Å². The maximum Gasteiger partial charge on any atom is 0.139 e. The Kier molecular flexibility index (Phi) is 6.95. The quantitative estimate of drug-likeness (QED) is 0.636. The van der Waals surface area contributed by atoms with E-state index in [4.69, 9.17) is 4.74 Å². The number of piperidine rings is 1. The monoisotopic (exact) mass is 270 g/mol. The van der Waals surface area contributed by atoms with Crippen molar-refractivity contribution in [3.8, 4) is 11.8 Å². The topological polar surface area (TPSA) is 13.7 Å². The van der Waals surface area contributed by atoms with Crippen LogP contribution >= 0.6 is 0 Å². The molecule has 0 spiro atoms. The lowest BCUT2D eigenvalue weighted by Gasteiger charge is -2.20. The lowest BCUT2D eigenvalue weighted by atomic mass is 10.1. The summed E-state index contributed by atoms with van der Waals surface area (Å²) in [6.45, 7) is 4.71. The summed E-state index contributed by atoms with van der Waals surface area (Å²) in [5, 5.41) is 0. The molecule has 20 heavy (non-hydrogen) atoms. The SMILES string of the molecule is C(#CC[NH+]1CCCCC1)COCC=Cc1ccccc1. The second-order valence-corrected chi connectivity index (χ2v) is 5.17. The molecule has 0 unspecified atom stereocenters. The molecule has 1 aromatic rings. The molecule has 1 aliphatic heterocycles. The number of hydrogen-bond donors (Lipinski definition) is 1. The van der Waals surface area contributed by atoms with Crippen LogP contribution in [0.2, 0.25) is 0 Å². The minimum atomic E-state index is 0.534. The molecule has 1 aliphatic rings. The van der Waals surface area contributed by atoms with Crippen LogP contribution in [0.5, 0.6) is 0 Å². The van der Waals surface area contributed by atoms with Crippen molar-refractivity contribution in [3.63, 3.8) is 0 Å². The van der Waals surface area contributed by atoms with E-state index < -0.39 is 0 Å². The van der Waals surface area contributed by atoms with Crippen LogP contribution < -0.4 is 4.90 Å². The minimum Gasteiger partial charge on any atom is -0.365 e. The summed E-state index contributed by atoms with van der Waals surface area (Å²) in [7, 11) is 0. The van der Waals surface area contributed by atoms with E-state index in [0.717, 1.165) is 6.54 Å². The molecule has 2 rings (SSSR count). The van der Waals surface area contributed by atoms with Crippen LogP contribution in [0.1, 0.15) is 24.8 Å². The van der Waals surface area contributed by atoms with E-state index in [2.05, 4.69) is 30.0 Å². The van der Waals surface area contributed by atoms with Crippen molar-refractivity contribution in [2.75, 3.05) is 32.8 Å². The number of benzene rings is 1. The molecule has 0 saturated carbocycles. The summed E-state index contributed by atoms with van der Waals surface area (Å²) in [5.41, 5.74) is 1.20. The highest BCUT2D eigenvalue weighted by Gasteiger charge is 2.10. The van der Waals surface area contributed by atoms with Crippen LogP contribution in [0, 0.1) is 11.8 Å². The van der Waals surface area contributed by atoms with Crippen LogP contribution in [0.25, 0.3) is 6.08 Å². The first-order valence-electron chi connectivity index (χ1n) is 7.54. The van der Waals surface area contributed by atoms with Gasteiger partial charge in [-0.1, -0.05) is 48.4 Å². The molecule has 2 nitrogen and oxygen atoms in total. The van der Waals surface area contributed by atoms with Gasteiger partial charge < -0.3 is 9.64 Å². The molecular weight excluding hydrogens is 246 g/mol. The Hall–Kier alpha value is -1.56. The van der Waals surface area contributed by atoms with E-state index in [1.807, 2.05) is 24.3 Å². The van der Waals surface area contributed by atoms with Gasteiger partial charge >= 0.3 is 0 Å². The van der Waals surface area contributed by atoms with Gasteiger partial charge in [0.25, 0.3) is 0 Å². The van der Waals surface area contributed by atoms with Gasteiger partial charge in [0.15, 0.2) is 0 Å². The maximum atomic E-state index is 5.48. The molecule has 1 aromatic carbocycles. The second-order valence-electron chi connectivity index (χ2n) is 5.17. The first-order valence-corrected chi connectivity index (χ1v) is 7.54. The summed E-state index contributed by atoms with van der Waals surface area (Å²) in [4.78, 5) is 1.63. The number of quaternary nitrogens is 1. The average Bonchev–Trinajstić information content (AvgIpc) is 2.52. The summed E-state index contributed by atoms with van der Waals surface area (Å²) in [5.74, 6) is 6.33. The number of nitrogens with one attached hydrogen (secondary N) is 1. The smallest absolute Gasteiger partial charge is 0.139 e. The van der Waals surface area contributed by atoms with Crippen molar-refractivity contribution in [3.05, 3.63) is 42.0 Å². The minimum absolute atomic E-state index is 0.534. The highest BCUT2D eigenvalue weighted by atomic mass is 16.5. The van der Waals surface area contributed by atoms with E-state index in [9.17, 15) is 0 Å². The molecular formula is C18H24NO+. The third-order valence-electron chi connectivity index (χ3n) is 3.52. The zero-order chi connectivity index (χ0) is 13.9. The fourth-order valence-corrected chi connectivity index (χ4v) is 2.39. The molecule has 0 bridgehead atoms. The highest BCUT2D eigenvalue weighted by Crippen LogP contribution is 2.00. The van der Waals surface area contributed by atoms with Crippen LogP contribution in [0.4, 0.5) is 0 Å². The van der Waals surface area contributed by atoms with Crippen LogP contribution in [0.3, 0.4) is 0 Å².